The van der Waals surface area contributed by atoms with Crippen molar-refractivity contribution >= 4 is 38.9 Å². The quantitative estimate of drug-likeness (QED) is 0.207. The maximum absolute atomic E-state index is 5.22. The van der Waals surface area contributed by atoms with E-state index in [0.29, 0.717) is 5.92 Å². The molecule has 3 aromatic carbocycles. The van der Waals surface area contributed by atoms with Crippen molar-refractivity contribution < 1.29 is 0 Å². The zero-order valence-electron chi connectivity index (χ0n) is 22.6. The first-order chi connectivity index (χ1) is 20.2. The second-order valence-electron chi connectivity index (χ2n) is 11.3. The molecule has 2 N–H and O–H groups in total. The summed E-state index contributed by atoms with van der Waals surface area (Å²) in [6.45, 7) is 2.28. The van der Waals surface area contributed by atoms with Crippen molar-refractivity contribution in [2.24, 2.45) is 5.92 Å². The summed E-state index contributed by atoms with van der Waals surface area (Å²) in [4.78, 5) is 17.9. The summed E-state index contributed by atoms with van der Waals surface area (Å²) >= 11 is 0. The third-order valence-corrected chi connectivity index (χ3v) is 8.67. The topological polar surface area (TPSA) is 57.4 Å². The Morgan fingerprint density at radius 1 is 0.561 bits per heavy atom. The number of fused-ring (bicyclic) bond motifs is 20. The molecule has 4 heteroatoms. The lowest BCUT2D eigenvalue weighted by molar-refractivity contribution is 0.723. The van der Waals surface area contributed by atoms with Crippen LogP contribution in [0.5, 0.6) is 0 Å². The summed E-state index contributed by atoms with van der Waals surface area (Å²) in [7, 11) is 0. The number of nitrogens with one attached hydrogen (secondary N) is 2. The van der Waals surface area contributed by atoms with Gasteiger partial charge in [0.25, 0.3) is 0 Å². The molecule has 194 valence electrons. The predicted octanol–water partition coefficient (Wildman–Crippen LogP) is 9.34. The number of H-pyrrole nitrogens is 2. The van der Waals surface area contributed by atoms with Crippen molar-refractivity contribution in [2.75, 3.05) is 0 Å². The molecule has 0 fully saturated rings. The Bertz CT molecular complexity index is 2260. The molecule has 6 aromatic rings. The largest absolute Gasteiger partial charge is 0.355 e. The van der Waals surface area contributed by atoms with Gasteiger partial charge in [0.1, 0.15) is 0 Å². The van der Waals surface area contributed by atoms with Gasteiger partial charge in [0, 0.05) is 60.7 Å². The van der Waals surface area contributed by atoms with Crippen LogP contribution in [0.4, 0.5) is 0 Å². The molecule has 3 aliphatic rings. The third kappa shape index (κ3) is 3.40. The third-order valence-electron chi connectivity index (χ3n) is 8.67. The molecule has 1 aliphatic carbocycles. The summed E-state index contributed by atoms with van der Waals surface area (Å²) in [6.07, 6.45) is 5.58. The van der Waals surface area contributed by atoms with E-state index in [0.717, 1.165) is 73.5 Å². The summed E-state index contributed by atoms with van der Waals surface area (Å²) < 4.78 is 0. The second-order valence-corrected chi connectivity index (χ2v) is 11.3. The summed E-state index contributed by atoms with van der Waals surface area (Å²) in [5, 5.41) is 2.34. The lowest BCUT2D eigenvalue weighted by atomic mass is 9.92. The van der Waals surface area contributed by atoms with E-state index in [-0.39, 0.29) is 0 Å². The van der Waals surface area contributed by atoms with Gasteiger partial charge in [-0.25, -0.2) is 9.97 Å². The standard InChI is InChI=1S/C37H26N4/c1-21-14-15-28-29(16-21)37-20-35-27-13-7-6-12-26(27)33(40-35)18-31-23-9-3-2-8-22(23)30(38-31)17-32-24-10-4-5-11-25(24)34(39-32)19-36(28)41-37/h2-15,17-21,38,41H,16H2,1H3. The van der Waals surface area contributed by atoms with Crippen LogP contribution in [0, 0.1) is 5.92 Å². The number of rotatable bonds is 0. The van der Waals surface area contributed by atoms with Gasteiger partial charge in [-0.1, -0.05) is 91.9 Å². The molecule has 5 heterocycles. The van der Waals surface area contributed by atoms with Crippen molar-refractivity contribution in [3.63, 3.8) is 0 Å². The van der Waals surface area contributed by atoms with Crippen LogP contribution < -0.4 is 0 Å². The molecule has 9 rings (SSSR count). The van der Waals surface area contributed by atoms with Crippen molar-refractivity contribution in [1.82, 2.24) is 19.9 Å². The Kier molecular flexibility index (Phi) is 4.62. The van der Waals surface area contributed by atoms with E-state index in [4.69, 9.17) is 9.97 Å². The molecule has 41 heavy (non-hydrogen) atoms. The minimum absolute atomic E-state index is 0.481. The highest BCUT2D eigenvalue weighted by Crippen LogP contribution is 2.40. The van der Waals surface area contributed by atoms with Crippen LogP contribution >= 0.6 is 0 Å². The molecule has 3 aromatic heterocycles. The molecule has 1 atom stereocenters. The number of nitrogens with zero attached hydrogens (tertiary/aromatic N) is 2. The number of benzene rings is 3. The van der Waals surface area contributed by atoms with E-state index in [2.05, 4.69) is 126 Å². The number of aromatic nitrogens is 4. The van der Waals surface area contributed by atoms with Gasteiger partial charge in [-0.15, -0.1) is 0 Å². The maximum atomic E-state index is 5.22. The van der Waals surface area contributed by atoms with Gasteiger partial charge < -0.3 is 9.97 Å². The molecule has 8 bridgehead atoms. The van der Waals surface area contributed by atoms with Gasteiger partial charge in [-0.05, 0) is 42.2 Å². The van der Waals surface area contributed by atoms with Gasteiger partial charge >= 0.3 is 0 Å². The van der Waals surface area contributed by atoms with Gasteiger partial charge in [0.05, 0.1) is 22.8 Å². The summed E-state index contributed by atoms with van der Waals surface area (Å²) in [5.41, 5.74) is 15.4. The molecule has 1 unspecified atom stereocenters. The van der Waals surface area contributed by atoms with Crippen molar-refractivity contribution in [3.8, 4) is 45.0 Å². The first-order valence-electron chi connectivity index (χ1n) is 14.2. The molecule has 0 amide bonds. The SMILES string of the molecule is CC1C=Cc2c(c3cc4nc(cc5[nH]c(cc6nc(cc2[nH]3)-c2ccccc2-6)c2ccccc52)-c2ccccc2-4)C1. The van der Waals surface area contributed by atoms with Crippen LogP contribution in [0.3, 0.4) is 0 Å². The highest BCUT2D eigenvalue weighted by Gasteiger charge is 2.21. The lowest BCUT2D eigenvalue weighted by Crippen LogP contribution is -2.01. The zero-order valence-corrected chi connectivity index (χ0v) is 22.6. The minimum Gasteiger partial charge on any atom is -0.355 e. The number of hydrogen-bond donors (Lipinski definition) is 2. The van der Waals surface area contributed by atoms with E-state index in [1.54, 1.807) is 0 Å². The van der Waals surface area contributed by atoms with Crippen LogP contribution in [0.2, 0.25) is 0 Å². The molecular formula is C37H26N4. The fourth-order valence-corrected chi connectivity index (χ4v) is 6.70. The van der Waals surface area contributed by atoms with Crippen molar-refractivity contribution in [1.29, 1.82) is 0 Å². The molecule has 4 nitrogen and oxygen atoms in total. The van der Waals surface area contributed by atoms with E-state index >= 15 is 0 Å². The van der Waals surface area contributed by atoms with Crippen molar-refractivity contribution in [2.45, 2.75) is 13.3 Å². The highest BCUT2D eigenvalue weighted by molar-refractivity contribution is 6.08. The van der Waals surface area contributed by atoms with E-state index in [1.807, 2.05) is 0 Å². The average Bonchev–Trinajstić information content (AvgIpc) is 3.72. The molecule has 0 spiro atoms. The van der Waals surface area contributed by atoms with E-state index < -0.39 is 0 Å². The van der Waals surface area contributed by atoms with Crippen LogP contribution in [0.15, 0.2) is 103 Å². The highest BCUT2D eigenvalue weighted by atomic mass is 14.8. The molecular weight excluding hydrogens is 500 g/mol. The van der Waals surface area contributed by atoms with Crippen LogP contribution in [-0.4, -0.2) is 19.9 Å². The van der Waals surface area contributed by atoms with Crippen LogP contribution in [0.1, 0.15) is 18.1 Å². The summed E-state index contributed by atoms with van der Waals surface area (Å²) in [6, 6.07) is 34.5. The Morgan fingerprint density at radius 3 is 1.54 bits per heavy atom. The average molecular weight is 527 g/mol. The molecule has 0 saturated carbocycles. The predicted molar refractivity (Wildman–Crippen MR) is 169 cm³/mol. The molecule has 2 aliphatic heterocycles. The number of allylic oxidation sites excluding steroid dienone is 1. The lowest BCUT2D eigenvalue weighted by Gasteiger charge is -2.12. The van der Waals surface area contributed by atoms with Gasteiger partial charge in [0.15, 0.2) is 0 Å². The van der Waals surface area contributed by atoms with Crippen LogP contribution in [0.25, 0.3) is 83.9 Å². The Morgan fingerprint density at radius 2 is 1.00 bits per heavy atom. The fraction of sp³-hybridized carbons (Fsp3) is 0.0811. The Labute approximate surface area is 237 Å². The van der Waals surface area contributed by atoms with E-state index in [9.17, 15) is 0 Å². The maximum Gasteiger partial charge on any atom is 0.0737 e. The minimum atomic E-state index is 0.481. The zero-order chi connectivity index (χ0) is 27.1. The second kappa shape index (κ2) is 8.39. The fourth-order valence-electron chi connectivity index (χ4n) is 6.70. The smallest absolute Gasteiger partial charge is 0.0737 e. The Hall–Kier alpha value is -5.22. The first-order valence-corrected chi connectivity index (χ1v) is 14.2. The van der Waals surface area contributed by atoms with Crippen molar-refractivity contribution in [3.05, 3.63) is 114 Å². The van der Waals surface area contributed by atoms with E-state index in [1.165, 1.54) is 21.9 Å². The van der Waals surface area contributed by atoms with Crippen LogP contribution in [-0.2, 0) is 6.42 Å². The molecule has 0 saturated heterocycles. The summed E-state index contributed by atoms with van der Waals surface area (Å²) in [5.74, 6) is 0.481. The van der Waals surface area contributed by atoms with Gasteiger partial charge in [0.2, 0.25) is 0 Å². The normalized spacial score (nSPS) is 15.0. The number of aromatic amines is 2. The van der Waals surface area contributed by atoms with Gasteiger partial charge in [-0.2, -0.15) is 0 Å². The number of hydrogen-bond acceptors (Lipinski definition) is 2. The monoisotopic (exact) mass is 526 g/mol. The molecule has 0 radical (unpaired) electrons. The van der Waals surface area contributed by atoms with Gasteiger partial charge in [-0.3, -0.25) is 0 Å². The Balaban J connectivity index is 1.49. The first kappa shape index (κ1) is 22.6.